The van der Waals surface area contributed by atoms with Crippen LogP contribution in [-0.4, -0.2) is 28.0 Å². The van der Waals surface area contributed by atoms with Gasteiger partial charge in [-0.25, -0.2) is 9.18 Å². The van der Waals surface area contributed by atoms with Gasteiger partial charge >= 0.3 is 6.09 Å². The van der Waals surface area contributed by atoms with E-state index in [-0.39, 0.29) is 36.0 Å². The van der Waals surface area contributed by atoms with Crippen LogP contribution in [-0.2, 0) is 11.3 Å². The molecule has 2 aliphatic heterocycles. The van der Waals surface area contributed by atoms with E-state index >= 15 is 0 Å². The molecule has 0 aromatic heterocycles. The molecule has 2 bridgehead atoms. The molecule has 4 rings (SSSR count). The minimum absolute atomic E-state index is 0.0908. The second-order valence-electron chi connectivity index (χ2n) is 7.06. The Hall–Kier alpha value is -3.22. The van der Waals surface area contributed by atoms with Crippen LogP contribution in [0.5, 0.6) is 0 Å². The van der Waals surface area contributed by atoms with Crippen LogP contribution in [0.25, 0.3) is 5.57 Å². The zero-order valence-electron chi connectivity index (χ0n) is 15.1. The van der Waals surface area contributed by atoms with Gasteiger partial charge in [-0.15, -0.1) is 0 Å². The second-order valence-corrected chi connectivity index (χ2v) is 7.06. The fourth-order valence-corrected chi connectivity index (χ4v) is 3.98. The highest BCUT2D eigenvalue weighted by atomic mass is 19.1. The number of non-ortho nitro benzene ring substituents is 1. The molecule has 2 aromatic rings. The van der Waals surface area contributed by atoms with Crippen molar-refractivity contribution >= 4 is 17.4 Å². The number of benzene rings is 2. The summed E-state index contributed by atoms with van der Waals surface area (Å²) in [6.45, 7) is 0.200. The van der Waals surface area contributed by atoms with Crippen LogP contribution >= 0.6 is 0 Å². The maximum atomic E-state index is 14.3. The van der Waals surface area contributed by atoms with Crippen molar-refractivity contribution in [2.75, 3.05) is 0 Å². The molecule has 6 nitrogen and oxygen atoms in total. The van der Waals surface area contributed by atoms with Crippen LogP contribution in [0.1, 0.15) is 30.4 Å². The number of nitro benzene ring substituents is 1. The molecule has 0 radical (unpaired) electrons. The molecule has 28 heavy (non-hydrogen) atoms. The maximum absolute atomic E-state index is 14.3. The van der Waals surface area contributed by atoms with Gasteiger partial charge in [0.05, 0.1) is 11.0 Å². The quantitative estimate of drug-likeness (QED) is 0.568. The Labute approximate surface area is 161 Å². The van der Waals surface area contributed by atoms with Gasteiger partial charge in [-0.05, 0) is 36.5 Å². The summed E-state index contributed by atoms with van der Waals surface area (Å²) in [6.07, 6.45) is 3.48. The average Bonchev–Trinajstić information content (AvgIpc) is 2.97. The Morgan fingerprint density at radius 1 is 1.21 bits per heavy atom. The minimum Gasteiger partial charge on any atom is -0.445 e. The zero-order valence-corrected chi connectivity index (χ0v) is 15.1. The van der Waals surface area contributed by atoms with Gasteiger partial charge in [-0.3, -0.25) is 15.0 Å². The first kappa shape index (κ1) is 18.2. The van der Waals surface area contributed by atoms with Gasteiger partial charge in [-0.1, -0.05) is 36.4 Å². The Morgan fingerprint density at radius 3 is 2.71 bits per heavy atom. The van der Waals surface area contributed by atoms with Crippen molar-refractivity contribution in [2.45, 2.75) is 38.0 Å². The van der Waals surface area contributed by atoms with E-state index in [0.717, 1.165) is 30.5 Å². The molecule has 0 N–H and O–H groups in total. The minimum atomic E-state index is -0.534. The molecular formula is C21H19FN2O4. The van der Waals surface area contributed by atoms with Gasteiger partial charge < -0.3 is 4.74 Å². The van der Waals surface area contributed by atoms with Crippen LogP contribution < -0.4 is 0 Å². The summed E-state index contributed by atoms with van der Waals surface area (Å²) >= 11 is 0. The number of fused-ring (bicyclic) bond motifs is 2. The van der Waals surface area contributed by atoms with Crippen LogP contribution in [0, 0.1) is 15.9 Å². The number of ether oxygens (including phenoxy) is 1. The lowest BCUT2D eigenvalue weighted by atomic mass is 9.94. The predicted molar refractivity (Wildman–Crippen MR) is 101 cm³/mol. The van der Waals surface area contributed by atoms with E-state index < -0.39 is 10.7 Å². The average molecular weight is 382 g/mol. The summed E-state index contributed by atoms with van der Waals surface area (Å²) in [4.78, 5) is 24.8. The third kappa shape index (κ3) is 3.47. The third-order valence-corrected chi connectivity index (χ3v) is 5.32. The topological polar surface area (TPSA) is 72.7 Å². The van der Waals surface area contributed by atoms with E-state index in [2.05, 4.69) is 0 Å². The number of hydrogen-bond donors (Lipinski definition) is 0. The number of carbonyl (C=O) groups is 1. The maximum Gasteiger partial charge on any atom is 0.410 e. The summed E-state index contributed by atoms with van der Waals surface area (Å²) in [5, 5.41) is 11.0. The standard InChI is InChI=1S/C21H19FN2O4/c22-20-9-8-18(24(26)27)12-19(20)15-10-16-6-7-17(11-15)23(16)21(25)28-13-14-4-2-1-3-5-14/h1-5,8-10,12,16-17H,6-7,11,13H2. The van der Waals surface area contributed by atoms with Crippen molar-refractivity contribution in [3.8, 4) is 0 Å². The first-order valence-electron chi connectivity index (χ1n) is 9.17. The van der Waals surface area contributed by atoms with E-state index in [1.165, 1.54) is 6.07 Å². The van der Waals surface area contributed by atoms with Gasteiger partial charge in [0, 0.05) is 23.7 Å². The summed E-state index contributed by atoms with van der Waals surface area (Å²) in [6, 6.07) is 12.7. The van der Waals surface area contributed by atoms with Crippen molar-refractivity contribution in [1.82, 2.24) is 4.90 Å². The summed E-state index contributed by atoms with van der Waals surface area (Å²) in [7, 11) is 0. The molecule has 2 aromatic carbocycles. The van der Waals surface area contributed by atoms with E-state index in [1.54, 1.807) is 4.90 Å². The predicted octanol–water partition coefficient (Wildman–Crippen LogP) is 4.69. The highest BCUT2D eigenvalue weighted by Crippen LogP contribution is 2.40. The van der Waals surface area contributed by atoms with E-state index in [0.29, 0.717) is 12.0 Å². The highest BCUT2D eigenvalue weighted by molar-refractivity contribution is 5.75. The number of rotatable bonds is 4. The first-order valence-corrected chi connectivity index (χ1v) is 9.17. The summed E-state index contributed by atoms with van der Waals surface area (Å²) < 4.78 is 19.7. The molecular weight excluding hydrogens is 363 g/mol. The lowest BCUT2D eigenvalue weighted by molar-refractivity contribution is -0.384. The highest BCUT2D eigenvalue weighted by Gasteiger charge is 2.41. The molecule has 2 aliphatic rings. The van der Waals surface area contributed by atoms with E-state index in [4.69, 9.17) is 4.74 Å². The second kappa shape index (κ2) is 7.42. The monoisotopic (exact) mass is 382 g/mol. The summed E-state index contributed by atoms with van der Waals surface area (Å²) in [5.41, 5.74) is 1.72. The fourth-order valence-electron chi connectivity index (χ4n) is 3.98. The Morgan fingerprint density at radius 2 is 2.00 bits per heavy atom. The van der Waals surface area contributed by atoms with Crippen molar-refractivity contribution in [3.05, 3.63) is 81.7 Å². The number of halogens is 1. The Balaban J connectivity index is 1.52. The van der Waals surface area contributed by atoms with E-state index in [1.807, 2.05) is 36.4 Å². The smallest absolute Gasteiger partial charge is 0.410 e. The number of amides is 1. The van der Waals surface area contributed by atoms with Gasteiger partial charge in [0.15, 0.2) is 0 Å². The van der Waals surface area contributed by atoms with Crippen molar-refractivity contribution in [2.24, 2.45) is 0 Å². The molecule has 0 aliphatic carbocycles. The van der Waals surface area contributed by atoms with E-state index in [9.17, 15) is 19.3 Å². The molecule has 2 atom stereocenters. The van der Waals surface area contributed by atoms with Crippen LogP contribution in [0.15, 0.2) is 54.6 Å². The number of hydrogen-bond acceptors (Lipinski definition) is 4. The van der Waals surface area contributed by atoms with Crippen LogP contribution in [0.4, 0.5) is 14.9 Å². The molecule has 1 amide bonds. The third-order valence-electron chi connectivity index (χ3n) is 5.32. The molecule has 1 fully saturated rings. The largest absolute Gasteiger partial charge is 0.445 e. The van der Waals surface area contributed by atoms with Gasteiger partial charge in [0.1, 0.15) is 12.4 Å². The lowest BCUT2D eigenvalue weighted by Crippen LogP contribution is -2.43. The van der Waals surface area contributed by atoms with Crippen molar-refractivity contribution < 1.29 is 18.8 Å². The van der Waals surface area contributed by atoms with Crippen LogP contribution in [0.2, 0.25) is 0 Å². The van der Waals surface area contributed by atoms with Crippen molar-refractivity contribution in [3.63, 3.8) is 0 Å². The molecule has 1 saturated heterocycles. The Bertz CT molecular complexity index is 945. The number of carbonyl (C=O) groups excluding carboxylic acids is 1. The summed E-state index contributed by atoms with van der Waals surface area (Å²) in [5.74, 6) is -0.489. The molecule has 2 unspecified atom stereocenters. The van der Waals surface area contributed by atoms with Gasteiger partial charge in [0.25, 0.3) is 5.69 Å². The number of nitrogens with zero attached hydrogens (tertiary/aromatic N) is 2. The molecule has 0 saturated carbocycles. The molecule has 144 valence electrons. The van der Waals surface area contributed by atoms with Crippen LogP contribution in [0.3, 0.4) is 0 Å². The SMILES string of the molecule is O=C(OCc1ccccc1)N1C2C=C(c3cc([N+](=O)[O-])ccc3F)CC1CC2. The molecule has 7 heteroatoms. The Kier molecular flexibility index (Phi) is 4.81. The lowest BCUT2D eigenvalue weighted by Gasteiger charge is -2.33. The molecule has 0 spiro atoms. The first-order chi connectivity index (χ1) is 13.5. The van der Waals surface area contributed by atoms with Gasteiger partial charge in [-0.2, -0.15) is 0 Å². The fraction of sp³-hybridized carbons (Fsp3) is 0.286. The normalized spacial score (nSPS) is 20.6. The molecule has 2 heterocycles. The number of nitro groups is 1. The van der Waals surface area contributed by atoms with Crippen molar-refractivity contribution in [1.29, 1.82) is 0 Å². The van der Waals surface area contributed by atoms with Gasteiger partial charge in [0.2, 0.25) is 0 Å². The zero-order chi connectivity index (χ0) is 19.7.